The number of nitrogens with zero attached hydrogens (tertiary/aromatic N) is 1. The minimum atomic E-state index is -4.59. The van der Waals surface area contributed by atoms with Gasteiger partial charge in [-0.2, -0.15) is 26.3 Å². The van der Waals surface area contributed by atoms with Gasteiger partial charge in [-0.1, -0.05) is 28.9 Å². The van der Waals surface area contributed by atoms with Crippen molar-refractivity contribution >= 4 is 17.3 Å². The quantitative estimate of drug-likeness (QED) is 0.337. The lowest BCUT2D eigenvalue weighted by Crippen LogP contribution is -2.12. The lowest BCUT2D eigenvalue weighted by Gasteiger charge is -2.13. The van der Waals surface area contributed by atoms with Crippen LogP contribution in [-0.2, 0) is 23.8 Å². The lowest BCUT2D eigenvalue weighted by atomic mass is 10.0. The first-order valence-electron chi connectivity index (χ1n) is 7.18. The van der Waals surface area contributed by atoms with Gasteiger partial charge in [0.1, 0.15) is 6.61 Å². The molecule has 9 heteroatoms. The second-order valence-electron chi connectivity index (χ2n) is 5.33. The zero-order valence-corrected chi connectivity index (χ0v) is 14.0. The Morgan fingerprint density at radius 3 is 2.12 bits per heavy atom. The molecule has 0 spiro atoms. The summed E-state index contributed by atoms with van der Waals surface area (Å²) in [5, 5.41) is 3.71. The summed E-state index contributed by atoms with van der Waals surface area (Å²) < 4.78 is 76.5. The standard InChI is InChI=1S/C17H12ClF6NO/c1-10(14-8-13(18)6-7-15(14)17(22,23)24)25-26-9-11-2-4-12(5-3-11)16(19,20)21/h2-8H,9H2,1H3/b25-10+. The Hall–Kier alpha value is -2.22. The molecule has 0 saturated carbocycles. The summed E-state index contributed by atoms with van der Waals surface area (Å²) in [5.74, 6) is 0. The molecule has 2 nitrogen and oxygen atoms in total. The van der Waals surface area contributed by atoms with Gasteiger partial charge in [0.05, 0.1) is 16.8 Å². The van der Waals surface area contributed by atoms with Gasteiger partial charge in [0.15, 0.2) is 0 Å². The van der Waals surface area contributed by atoms with Crippen molar-refractivity contribution in [1.29, 1.82) is 0 Å². The van der Waals surface area contributed by atoms with Crippen LogP contribution in [-0.4, -0.2) is 5.71 Å². The summed E-state index contributed by atoms with van der Waals surface area (Å²) >= 11 is 5.74. The smallest absolute Gasteiger partial charge is 0.391 e. The van der Waals surface area contributed by atoms with Gasteiger partial charge in [0, 0.05) is 10.6 Å². The van der Waals surface area contributed by atoms with Gasteiger partial charge in [-0.15, -0.1) is 0 Å². The van der Waals surface area contributed by atoms with E-state index in [0.29, 0.717) is 5.56 Å². The van der Waals surface area contributed by atoms with Gasteiger partial charge in [-0.05, 0) is 42.8 Å². The number of benzene rings is 2. The zero-order chi connectivity index (χ0) is 19.5. The van der Waals surface area contributed by atoms with E-state index < -0.39 is 23.5 Å². The molecule has 0 amide bonds. The number of oxime groups is 1. The fourth-order valence-electron chi connectivity index (χ4n) is 2.11. The Kier molecular flexibility index (Phi) is 5.85. The van der Waals surface area contributed by atoms with Crippen LogP contribution < -0.4 is 0 Å². The molecule has 26 heavy (non-hydrogen) atoms. The summed E-state index contributed by atoms with van der Waals surface area (Å²) in [5.41, 5.74) is -1.64. The normalized spacial score (nSPS) is 13.0. The van der Waals surface area contributed by atoms with E-state index in [0.717, 1.165) is 30.3 Å². The molecule has 2 rings (SSSR count). The first kappa shape index (κ1) is 20.1. The van der Waals surface area contributed by atoms with Crippen LogP contribution in [0.3, 0.4) is 0 Å². The fraction of sp³-hybridized carbons (Fsp3) is 0.235. The summed E-state index contributed by atoms with van der Waals surface area (Å²) in [6.07, 6.45) is -9.04. The molecule has 0 aliphatic heterocycles. The van der Waals surface area contributed by atoms with Crippen molar-refractivity contribution in [2.24, 2.45) is 5.16 Å². The van der Waals surface area contributed by atoms with Crippen LogP contribution in [0.25, 0.3) is 0 Å². The van der Waals surface area contributed by atoms with Gasteiger partial charge in [-0.25, -0.2) is 0 Å². The Balaban J connectivity index is 2.13. The fourth-order valence-corrected chi connectivity index (χ4v) is 2.28. The Labute approximate surface area is 150 Å². The molecule has 140 valence electrons. The Morgan fingerprint density at radius 2 is 1.58 bits per heavy atom. The topological polar surface area (TPSA) is 21.6 Å². The summed E-state index contributed by atoms with van der Waals surface area (Å²) in [7, 11) is 0. The number of alkyl halides is 6. The van der Waals surface area contributed by atoms with E-state index in [1.165, 1.54) is 19.1 Å². The third-order valence-electron chi connectivity index (χ3n) is 3.39. The molecule has 0 heterocycles. The molecule has 0 aliphatic carbocycles. The molecule has 0 fully saturated rings. The third-order valence-corrected chi connectivity index (χ3v) is 3.63. The second kappa shape index (κ2) is 7.57. The Bertz CT molecular complexity index is 796. The highest BCUT2D eigenvalue weighted by molar-refractivity contribution is 6.31. The number of hydrogen-bond donors (Lipinski definition) is 0. The maximum atomic E-state index is 13.0. The van der Waals surface area contributed by atoms with Crippen molar-refractivity contribution in [2.75, 3.05) is 0 Å². The van der Waals surface area contributed by atoms with Gasteiger partial charge in [0.25, 0.3) is 0 Å². The predicted octanol–water partition coefficient (Wildman–Crippen LogP) is 6.32. The highest BCUT2D eigenvalue weighted by Gasteiger charge is 2.34. The van der Waals surface area contributed by atoms with Crippen molar-refractivity contribution in [3.05, 3.63) is 69.7 Å². The van der Waals surface area contributed by atoms with Crippen molar-refractivity contribution in [2.45, 2.75) is 25.9 Å². The van der Waals surface area contributed by atoms with Crippen LogP contribution in [0, 0.1) is 0 Å². The monoisotopic (exact) mass is 395 g/mol. The number of halogens is 7. The molecular formula is C17H12ClF6NO. The molecule has 2 aromatic rings. The zero-order valence-electron chi connectivity index (χ0n) is 13.2. The highest BCUT2D eigenvalue weighted by atomic mass is 35.5. The first-order chi connectivity index (χ1) is 12.0. The Morgan fingerprint density at radius 1 is 0.962 bits per heavy atom. The van der Waals surface area contributed by atoms with Crippen LogP contribution in [0.1, 0.15) is 29.2 Å². The molecule has 0 aromatic heterocycles. The summed E-state index contributed by atoms with van der Waals surface area (Å²) in [4.78, 5) is 4.97. The van der Waals surface area contributed by atoms with E-state index in [2.05, 4.69) is 5.16 Å². The summed E-state index contributed by atoms with van der Waals surface area (Å²) in [6.45, 7) is 1.12. The van der Waals surface area contributed by atoms with Crippen LogP contribution in [0.15, 0.2) is 47.6 Å². The molecule has 0 unspecified atom stereocenters. The van der Waals surface area contributed by atoms with E-state index in [9.17, 15) is 26.3 Å². The van der Waals surface area contributed by atoms with Crippen LogP contribution in [0.5, 0.6) is 0 Å². The molecule has 2 aromatic carbocycles. The van der Waals surface area contributed by atoms with E-state index in [4.69, 9.17) is 16.4 Å². The summed E-state index contributed by atoms with van der Waals surface area (Å²) in [6, 6.07) is 7.24. The molecular weight excluding hydrogens is 384 g/mol. The van der Waals surface area contributed by atoms with Crippen LogP contribution >= 0.6 is 11.6 Å². The van der Waals surface area contributed by atoms with E-state index in [-0.39, 0.29) is 22.9 Å². The van der Waals surface area contributed by atoms with Gasteiger partial charge < -0.3 is 4.84 Å². The van der Waals surface area contributed by atoms with Gasteiger partial charge in [0.2, 0.25) is 0 Å². The molecule has 0 atom stereocenters. The largest absolute Gasteiger partial charge is 0.417 e. The molecule has 0 bridgehead atoms. The van der Waals surface area contributed by atoms with Crippen molar-refractivity contribution in [3.63, 3.8) is 0 Å². The predicted molar refractivity (Wildman–Crippen MR) is 84.9 cm³/mol. The molecule has 0 N–H and O–H groups in total. The SMILES string of the molecule is C/C(=N\OCc1ccc(C(F)(F)F)cc1)c1cc(Cl)ccc1C(F)(F)F. The van der Waals surface area contributed by atoms with E-state index >= 15 is 0 Å². The third kappa shape index (κ3) is 5.14. The van der Waals surface area contributed by atoms with Crippen molar-refractivity contribution < 1.29 is 31.2 Å². The van der Waals surface area contributed by atoms with Crippen LogP contribution in [0.4, 0.5) is 26.3 Å². The maximum absolute atomic E-state index is 13.0. The maximum Gasteiger partial charge on any atom is 0.417 e. The lowest BCUT2D eigenvalue weighted by molar-refractivity contribution is -0.138. The van der Waals surface area contributed by atoms with Crippen molar-refractivity contribution in [3.8, 4) is 0 Å². The van der Waals surface area contributed by atoms with Gasteiger partial charge in [-0.3, -0.25) is 0 Å². The average Bonchev–Trinajstić information content (AvgIpc) is 2.53. The average molecular weight is 396 g/mol. The molecule has 0 radical (unpaired) electrons. The van der Waals surface area contributed by atoms with Crippen molar-refractivity contribution in [1.82, 2.24) is 0 Å². The van der Waals surface area contributed by atoms with E-state index in [1.807, 2.05) is 0 Å². The minimum absolute atomic E-state index is 0.0632. The number of rotatable bonds is 4. The second-order valence-corrected chi connectivity index (χ2v) is 5.77. The van der Waals surface area contributed by atoms with Crippen LogP contribution in [0.2, 0.25) is 5.02 Å². The minimum Gasteiger partial charge on any atom is -0.391 e. The van der Waals surface area contributed by atoms with E-state index in [1.54, 1.807) is 0 Å². The molecule has 0 aliphatic rings. The number of hydrogen-bond acceptors (Lipinski definition) is 2. The first-order valence-corrected chi connectivity index (χ1v) is 7.56. The van der Waals surface area contributed by atoms with Gasteiger partial charge >= 0.3 is 12.4 Å². The highest BCUT2D eigenvalue weighted by Crippen LogP contribution is 2.34. The molecule has 0 saturated heterocycles.